The maximum Gasteiger partial charge on any atom is 0.180 e. The van der Waals surface area contributed by atoms with Crippen molar-refractivity contribution in [1.29, 1.82) is 0 Å². The lowest BCUT2D eigenvalue weighted by Gasteiger charge is -2.23. The zero-order chi connectivity index (χ0) is 13.9. The van der Waals surface area contributed by atoms with E-state index in [4.69, 9.17) is 5.73 Å². The smallest absolute Gasteiger partial charge is 0.180 e. The van der Waals surface area contributed by atoms with Crippen molar-refractivity contribution in [1.82, 2.24) is 9.88 Å². The number of likely N-dealkylation sites (tertiary alicyclic amines) is 1. The van der Waals surface area contributed by atoms with Crippen molar-refractivity contribution < 1.29 is 4.39 Å². The standard InChI is InChI=1S/C15H18FN3S/c16-12-5-3-11(4-6-12)8-13-2-1-7-19(13)10-14-9-18-15(17)20-14/h3-6,9,13H,1-2,7-8,10H2,(H2,17,18). The van der Waals surface area contributed by atoms with Gasteiger partial charge in [-0.15, -0.1) is 11.3 Å². The number of hydrogen-bond donors (Lipinski definition) is 1. The van der Waals surface area contributed by atoms with E-state index in [1.165, 1.54) is 23.3 Å². The Morgan fingerprint density at radius 3 is 2.85 bits per heavy atom. The van der Waals surface area contributed by atoms with Crippen molar-refractivity contribution in [2.45, 2.75) is 31.8 Å². The zero-order valence-electron chi connectivity index (χ0n) is 11.3. The van der Waals surface area contributed by atoms with E-state index in [1.807, 2.05) is 18.3 Å². The number of benzene rings is 1. The molecule has 5 heteroatoms. The molecule has 1 atom stereocenters. The molecule has 0 radical (unpaired) electrons. The van der Waals surface area contributed by atoms with Crippen LogP contribution in [0.2, 0.25) is 0 Å². The first-order valence-electron chi connectivity index (χ1n) is 6.89. The van der Waals surface area contributed by atoms with Gasteiger partial charge in [-0.25, -0.2) is 9.37 Å². The van der Waals surface area contributed by atoms with Crippen molar-refractivity contribution in [3.05, 3.63) is 46.7 Å². The summed E-state index contributed by atoms with van der Waals surface area (Å²) in [6.07, 6.45) is 5.27. The molecule has 106 valence electrons. The summed E-state index contributed by atoms with van der Waals surface area (Å²) in [7, 11) is 0. The van der Waals surface area contributed by atoms with Gasteiger partial charge < -0.3 is 5.73 Å². The van der Waals surface area contributed by atoms with E-state index in [9.17, 15) is 4.39 Å². The normalized spacial score (nSPS) is 19.6. The zero-order valence-corrected chi connectivity index (χ0v) is 12.1. The van der Waals surface area contributed by atoms with Gasteiger partial charge in [0, 0.05) is 23.7 Å². The minimum atomic E-state index is -0.169. The van der Waals surface area contributed by atoms with Gasteiger partial charge in [0.25, 0.3) is 0 Å². The Kier molecular flexibility index (Phi) is 3.98. The molecule has 1 aromatic heterocycles. The van der Waals surface area contributed by atoms with Crippen LogP contribution in [0.1, 0.15) is 23.3 Å². The van der Waals surface area contributed by atoms with Gasteiger partial charge in [-0.1, -0.05) is 12.1 Å². The van der Waals surface area contributed by atoms with Crippen molar-refractivity contribution in [3.8, 4) is 0 Å². The first kappa shape index (κ1) is 13.5. The summed E-state index contributed by atoms with van der Waals surface area (Å²) in [6.45, 7) is 2.03. The third-order valence-electron chi connectivity index (χ3n) is 3.81. The number of nitrogens with two attached hydrogens (primary N) is 1. The molecule has 2 N–H and O–H groups in total. The largest absolute Gasteiger partial charge is 0.375 e. The molecule has 20 heavy (non-hydrogen) atoms. The second-order valence-corrected chi connectivity index (χ2v) is 6.41. The van der Waals surface area contributed by atoms with Gasteiger partial charge in [-0.2, -0.15) is 0 Å². The van der Waals surface area contributed by atoms with Crippen molar-refractivity contribution in [2.75, 3.05) is 12.3 Å². The van der Waals surface area contributed by atoms with Crippen LogP contribution in [-0.2, 0) is 13.0 Å². The average Bonchev–Trinajstić information content (AvgIpc) is 3.03. The summed E-state index contributed by atoms with van der Waals surface area (Å²) in [6, 6.07) is 7.38. The summed E-state index contributed by atoms with van der Waals surface area (Å²) in [5.74, 6) is -0.169. The lowest BCUT2D eigenvalue weighted by atomic mass is 10.0. The number of rotatable bonds is 4. The molecule has 1 aliphatic heterocycles. The van der Waals surface area contributed by atoms with Gasteiger partial charge in [0.15, 0.2) is 5.13 Å². The Bertz CT molecular complexity index is 567. The van der Waals surface area contributed by atoms with Gasteiger partial charge >= 0.3 is 0 Å². The van der Waals surface area contributed by atoms with E-state index in [-0.39, 0.29) is 5.82 Å². The van der Waals surface area contributed by atoms with Crippen LogP contribution < -0.4 is 5.73 Å². The molecule has 1 aromatic carbocycles. The Morgan fingerprint density at radius 1 is 1.35 bits per heavy atom. The number of halogens is 1. The predicted molar refractivity (Wildman–Crippen MR) is 80.1 cm³/mol. The SMILES string of the molecule is Nc1ncc(CN2CCCC2Cc2ccc(F)cc2)s1. The van der Waals surface area contributed by atoms with Crippen molar-refractivity contribution in [3.63, 3.8) is 0 Å². The lowest BCUT2D eigenvalue weighted by Crippen LogP contribution is -2.30. The van der Waals surface area contributed by atoms with Crippen molar-refractivity contribution >= 4 is 16.5 Å². The van der Waals surface area contributed by atoms with Crippen LogP contribution >= 0.6 is 11.3 Å². The molecule has 1 fully saturated rings. The molecule has 1 unspecified atom stereocenters. The molecule has 2 heterocycles. The first-order valence-corrected chi connectivity index (χ1v) is 7.71. The Hall–Kier alpha value is -1.46. The van der Waals surface area contributed by atoms with Crippen LogP contribution in [0.25, 0.3) is 0 Å². The number of nitrogens with zero attached hydrogens (tertiary/aromatic N) is 2. The molecule has 0 bridgehead atoms. The molecule has 0 amide bonds. The van der Waals surface area contributed by atoms with E-state index in [0.29, 0.717) is 11.2 Å². The summed E-state index contributed by atoms with van der Waals surface area (Å²) in [5.41, 5.74) is 6.88. The highest BCUT2D eigenvalue weighted by Gasteiger charge is 2.25. The van der Waals surface area contributed by atoms with E-state index in [2.05, 4.69) is 9.88 Å². The van der Waals surface area contributed by atoms with Crippen LogP contribution in [0, 0.1) is 5.82 Å². The molecule has 0 spiro atoms. The van der Waals surface area contributed by atoms with Crippen LogP contribution in [0.3, 0.4) is 0 Å². The van der Waals surface area contributed by atoms with Crippen LogP contribution in [0.4, 0.5) is 9.52 Å². The molecule has 2 aromatic rings. The highest BCUT2D eigenvalue weighted by molar-refractivity contribution is 7.15. The fourth-order valence-corrected chi connectivity index (χ4v) is 3.53. The third-order valence-corrected chi connectivity index (χ3v) is 4.63. The van der Waals surface area contributed by atoms with Gasteiger partial charge in [-0.05, 0) is 43.5 Å². The maximum absolute atomic E-state index is 12.9. The van der Waals surface area contributed by atoms with Crippen LogP contribution in [0.15, 0.2) is 30.5 Å². The summed E-state index contributed by atoms with van der Waals surface area (Å²) >= 11 is 1.56. The number of anilines is 1. The Morgan fingerprint density at radius 2 is 2.15 bits per heavy atom. The van der Waals surface area contributed by atoms with Crippen LogP contribution in [0.5, 0.6) is 0 Å². The van der Waals surface area contributed by atoms with Gasteiger partial charge in [0.2, 0.25) is 0 Å². The summed E-state index contributed by atoms with van der Waals surface area (Å²) in [4.78, 5) is 7.80. The number of aromatic nitrogens is 1. The quantitative estimate of drug-likeness (QED) is 0.941. The van der Waals surface area contributed by atoms with E-state index < -0.39 is 0 Å². The highest BCUT2D eigenvalue weighted by Crippen LogP contribution is 2.25. The second kappa shape index (κ2) is 5.89. The molecular formula is C15H18FN3S. The molecule has 0 aliphatic carbocycles. The molecule has 0 saturated carbocycles. The molecular weight excluding hydrogens is 273 g/mol. The Labute approximate surface area is 122 Å². The topological polar surface area (TPSA) is 42.1 Å². The minimum absolute atomic E-state index is 0.169. The molecule has 1 saturated heterocycles. The van der Waals surface area contributed by atoms with E-state index in [1.54, 1.807) is 23.5 Å². The summed E-state index contributed by atoms with van der Waals surface area (Å²) < 4.78 is 12.9. The highest BCUT2D eigenvalue weighted by atomic mass is 32.1. The Balaban J connectivity index is 1.64. The fraction of sp³-hybridized carbons (Fsp3) is 0.400. The van der Waals surface area contributed by atoms with Crippen LogP contribution in [-0.4, -0.2) is 22.5 Å². The van der Waals surface area contributed by atoms with Gasteiger partial charge in [-0.3, -0.25) is 4.90 Å². The first-order chi connectivity index (χ1) is 9.70. The number of hydrogen-bond acceptors (Lipinski definition) is 4. The van der Waals surface area contributed by atoms with Crippen molar-refractivity contribution in [2.24, 2.45) is 0 Å². The fourth-order valence-electron chi connectivity index (χ4n) is 2.82. The predicted octanol–water partition coefficient (Wildman–Crippen LogP) is 3.07. The third kappa shape index (κ3) is 3.16. The maximum atomic E-state index is 12.9. The number of nitrogen functional groups attached to an aromatic ring is 1. The second-order valence-electron chi connectivity index (χ2n) is 5.26. The number of thiazole rings is 1. The lowest BCUT2D eigenvalue weighted by molar-refractivity contribution is 0.246. The van der Waals surface area contributed by atoms with E-state index >= 15 is 0 Å². The van der Waals surface area contributed by atoms with Gasteiger partial charge in [0.05, 0.1) is 0 Å². The van der Waals surface area contributed by atoms with Gasteiger partial charge in [0.1, 0.15) is 5.82 Å². The average molecular weight is 291 g/mol. The van der Waals surface area contributed by atoms with E-state index in [0.717, 1.165) is 19.5 Å². The molecule has 3 rings (SSSR count). The monoisotopic (exact) mass is 291 g/mol. The summed E-state index contributed by atoms with van der Waals surface area (Å²) in [5, 5.41) is 0.634. The molecule has 1 aliphatic rings. The minimum Gasteiger partial charge on any atom is -0.375 e. The molecule has 3 nitrogen and oxygen atoms in total.